The predicted octanol–water partition coefficient (Wildman–Crippen LogP) is 2.78. The fourth-order valence-electron chi connectivity index (χ4n) is 2.94. The van der Waals surface area contributed by atoms with Gasteiger partial charge in [0.15, 0.2) is 0 Å². The predicted molar refractivity (Wildman–Crippen MR) is 84.1 cm³/mol. The van der Waals surface area contributed by atoms with Crippen LogP contribution >= 0.6 is 0 Å². The van der Waals surface area contributed by atoms with E-state index in [0.29, 0.717) is 6.61 Å². The van der Waals surface area contributed by atoms with Gasteiger partial charge in [-0.05, 0) is 51.3 Å². The van der Waals surface area contributed by atoms with E-state index in [1.54, 1.807) is 0 Å². The third-order valence-corrected chi connectivity index (χ3v) is 4.59. The highest BCUT2D eigenvalue weighted by molar-refractivity contribution is 5.83. The van der Waals surface area contributed by atoms with Gasteiger partial charge in [-0.15, -0.1) is 0 Å². The van der Waals surface area contributed by atoms with Crippen LogP contribution in [-0.2, 0) is 4.79 Å². The normalized spacial score (nSPS) is 26.4. The van der Waals surface area contributed by atoms with Crippen molar-refractivity contribution in [1.82, 2.24) is 5.32 Å². The van der Waals surface area contributed by atoms with Gasteiger partial charge in [0.05, 0.1) is 18.1 Å². The van der Waals surface area contributed by atoms with Gasteiger partial charge in [-0.2, -0.15) is 0 Å². The highest BCUT2D eigenvalue weighted by Gasteiger charge is 2.43. The summed E-state index contributed by atoms with van der Waals surface area (Å²) in [6.45, 7) is 6.59. The van der Waals surface area contributed by atoms with E-state index in [9.17, 15) is 4.79 Å². The first kappa shape index (κ1) is 15.8. The molecule has 1 fully saturated rings. The van der Waals surface area contributed by atoms with Gasteiger partial charge in [0.1, 0.15) is 5.75 Å². The van der Waals surface area contributed by atoms with Crippen LogP contribution in [0.1, 0.15) is 51.6 Å². The average molecular weight is 290 g/mol. The molecule has 1 amide bonds. The molecule has 0 heterocycles. The molecule has 3 unspecified atom stereocenters. The molecule has 116 valence electrons. The van der Waals surface area contributed by atoms with Crippen LogP contribution in [0.5, 0.6) is 5.75 Å². The number of nitrogens with two attached hydrogens (primary N) is 1. The smallest absolute Gasteiger partial charge is 0.227 e. The van der Waals surface area contributed by atoms with Crippen molar-refractivity contribution in [3.8, 4) is 5.75 Å². The minimum absolute atomic E-state index is 0.0298. The zero-order valence-corrected chi connectivity index (χ0v) is 13.2. The lowest BCUT2D eigenvalue weighted by molar-refractivity contribution is -0.131. The van der Waals surface area contributed by atoms with Crippen LogP contribution < -0.4 is 15.8 Å². The molecule has 4 heteroatoms. The van der Waals surface area contributed by atoms with E-state index in [-0.39, 0.29) is 18.0 Å². The number of hydrogen-bond donors (Lipinski definition) is 2. The monoisotopic (exact) mass is 290 g/mol. The third-order valence-electron chi connectivity index (χ3n) is 4.59. The average Bonchev–Trinajstić information content (AvgIpc) is 2.81. The van der Waals surface area contributed by atoms with E-state index < -0.39 is 5.41 Å². The minimum atomic E-state index is -0.431. The third kappa shape index (κ3) is 3.38. The summed E-state index contributed by atoms with van der Waals surface area (Å²) in [5, 5.41) is 3.10. The molecule has 1 saturated carbocycles. The number of nitrogens with one attached hydrogen (secondary N) is 1. The Labute approximate surface area is 127 Å². The lowest BCUT2D eigenvalue weighted by Crippen LogP contribution is -2.47. The SMILES string of the molecule is CCOc1ccc(C(C)NC(=O)C2(C)CCCC2N)cc1. The standard InChI is InChI=1S/C17H26N2O2/c1-4-21-14-9-7-13(8-10-14)12(2)19-16(20)17(3)11-5-6-15(17)18/h7-10,12,15H,4-6,11,18H2,1-3H3,(H,19,20). The molecule has 0 bridgehead atoms. The van der Waals surface area contributed by atoms with Gasteiger partial charge in [-0.25, -0.2) is 0 Å². The molecular weight excluding hydrogens is 264 g/mol. The summed E-state index contributed by atoms with van der Waals surface area (Å²) in [6.07, 6.45) is 2.83. The molecule has 0 spiro atoms. The highest BCUT2D eigenvalue weighted by atomic mass is 16.5. The van der Waals surface area contributed by atoms with Gasteiger partial charge >= 0.3 is 0 Å². The molecule has 1 aromatic rings. The van der Waals surface area contributed by atoms with Gasteiger partial charge < -0.3 is 15.8 Å². The van der Waals surface area contributed by atoms with E-state index in [1.807, 2.05) is 45.0 Å². The number of benzene rings is 1. The van der Waals surface area contributed by atoms with Gasteiger partial charge in [0.2, 0.25) is 5.91 Å². The van der Waals surface area contributed by atoms with Crippen LogP contribution in [0, 0.1) is 5.41 Å². The molecule has 1 aromatic carbocycles. The number of carbonyl (C=O) groups excluding carboxylic acids is 1. The minimum Gasteiger partial charge on any atom is -0.494 e. The molecule has 4 nitrogen and oxygen atoms in total. The van der Waals surface area contributed by atoms with Crippen molar-refractivity contribution in [2.24, 2.45) is 11.1 Å². The fraction of sp³-hybridized carbons (Fsp3) is 0.588. The number of amides is 1. The Hall–Kier alpha value is -1.55. The Morgan fingerprint density at radius 2 is 2.14 bits per heavy atom. The second kappa shape index (κ2) is 6.48. The van der Waals surface area contributed by atoms with Gasteiger partial charge in [-0.3, -0.25) is 4.79 Å². The van der Waals surface area contributed by atoms with Crippen molar-refractivity contribution >= 4 is 5.91 Å². The van der Waals surface area contributed by atoms with E-state index >= 15 is 0 Å². The first-order chi connectivity index (χ1) is 9.97. The van der Waals surface area contributed by atoms with Crippen LogP contribution in [0.2, 0.25) is 0 Å². The molecular formula is C17H26N2O2. The van der Waals surface area contributed by atoms with Crippen molar-refractivity contribution in [2.45, 2.75) is 52.1 Å². The maximum atomic E-state index is 12.5. The molecule has 0 aromatic heterocycles. The topological polar surface area (TPSA) is 64.3 Å². The van der Waals surface area contributed by atoms with Crippen LogP contribution in [0.25, 0.3) is 0 Å². The van der Waals surface area contributed by atoms with Crippen LogP contribution in [0.4, 0.5) is 0 Å². The number of hydrogen-bond acceptors (Lipinski definition) is 3. The van der Waals surface area contributed by atoms with Crippen molar-refractivity contribution in [3.63, 3.8) is 0 Å². The summed E-state index contributed by atoms with van der Waals surface area (Å²) >= 11 is 0. The number of rotatable bonds is 5. The van der Waals surface area contributed by atoms with Crippen molar-refractivity contribution in [1.29, 1.82) is 0 Å². The summed E-state index contributed by atoms with van der Waals surface area (Å²) in [5.41, 5.74) is 6.74. The second-order valence-electron chi connectivity index (χ2n) is 6.11. The molecule has 1 aliphatic carbocycles. The molecule has 3 N–H and O–H groups in total. The fourth-order valence-corrected chi connectivity index (χ4v) is 2.94. The molecule has 0 radical (unpaired) electrons. The van der Waals surface area contributed by atoms with E-state index in [4.69, 9.17) is 10.5 Å². The Morgan fingerprint density at radius 1 is 1.48 bits per heavy atom. The summed E-state index contributed by atoms with van der Waals surface area (Å²) < 4.78 is 5.43. The summed E-state index contributed by atoms with van der Waals surface area (Å²) in [4.78, 5) is 12.5. The van der Waals surface area contributed by atoms with Crippen LogP contribution in [0.15, 0.2) is 24.3 Å². The molecule has 1 aliphatic rings. The summed E-state index contributed by atoms with van der Waals surface area (Å²) in [5.74, 6) is 0.915. The molecule has 0 aliphatic heterocycles. The second-order valence-corrected chi connectivity index (χ2v) is 6.11. The summed E-state index contributed by atoms with van der Waals surface area (Å²) in [7, 11) is 0. The summed E-state index contributed by atoms with van der Waals surface area (Å²) in [6, 6.07) is 7.79. The molecule has 2 rings (SSSR count). The number of carbonyl (C=O) groups is 1. The zero-order chi connectivity index (χ0) is 15.5. The largest absolute Gasteiger partial charge is 0.494 e. The Balaban J connectivity index is 2.00. The van der Waals surface area contributed by atoms with Gasteiger partial charge in [-0.1, -0.05) is 18.6 Å². The maximum absolute atomic E-state index is 12.5. The molecule has 21 heavy (non-hydrogen) atoms. The van der Waals surface area contributed by atoms with Crippen molar-refractivity contribution in [2.75, 3.05) is 6.61 Å². The Bertz CT molecular complexity index is 486. The quantitative estimate of drug-likeness (QED) is 0.876. The zero-order valence-electron chi connectivity index (χ0n) is 13.2. The van der Waals surface area contributed by atoms with Gasteiger partial charge in [0.25, 0.3) is 0 Å². The van der Waals surface area contributed by atoms with Crippen molar-refractivity contribution < 1.29 is 9.53 Å². The lowest BCUT2D eigenvalue weighted by Gasteiger charge is -2.29. The highest BCUT2D eigenvalue weighted by Crippen LogP contribution is 2.37. The first-order valence-electron chi connectivity index (χ1n) is 7.76. The maximum Gasteiger partial charge on any atom is 0.227 e. The first-order valence-corrected chi connectivity index (χ1v) is 7.76. The van der Waals surface area contributed by atoms with Gasteiger partial charge in [0, 0.05) is 6.04 Å². The number of ether oxygens (including phenoxy) is 1. The van der Waals surface area contributed by atoms with Crippen LogP contribution in [-0.4, -0.2) is 18.6 Å². The van der Waals surface area contributed by atoms with E-state index in [2.05, 4.69) is 5.32 Å². The Morgan fingerprint density at radius 3 is 2.67 bits per heavy atom. The van der Waals surface area contributed by atoms with E-state index in [0.717, 1.165) is 30.6 Å². The van der Waals surface area contributed by atoms with Crippen LogP contribution in [0.3, 0.4) is 0 Å². The Kier molecular flexibility index (Phi) is 4.88. The molecule has 3 atom stereocenters. The lowest BCUT2D eigenvalue weighted by atomic mass is 9.84. The molecule has 0 saturated heterocycles. The van der Waals surface area contributed by atoms with Crippen molar-refractivity contribution in [3.05, 3.63) is 29.8 Å². The van der Waals surface area contributed by atoms with E-state index in [1.165, 1.54) is 0 Å².